The number of aromatic nitrogens is 1. The van der Waals surface area contributed by atoms with Gasteiger partial charge >= 0.3 is 4.87 Å². The number of hydrogen-bond acceptors (Lipinski definition) is 7. The van der Waals surface area contributed by atoms with Crippen LogP contribution in [0.25, 0.3) is 0 Å². The molecule has 2 aromatic carbocycles. The molecular weight excluding hydrogens is 426 g/mol. The molecule has 0 aliphatic carbocycles. The number of nitrogens with zero attached hydrogens (tertiary/aromatic N) is 2. The van der Waals surface area contributed by atoms with Crippen molar-refractivity contribution in [3.8, 4) is 0 Å². The minimum absolute atomic E-state index is 0.119. The number of nitro groups is 1. The third kappa shape index (κ3) is 2.79. The zero-order chi connectivity index (χ0) is 21.0. The maximum absolute atomic E-state index is 13.4. The van der Waals surface area contributed by atoms with Gasteiger partial charge in [-0.2, -0.15) is 0 Å². The maximum Gasteiger partial charge on any atom is 0.305 e. The van der Waals surface area contributed by atoms with Gasteiger partial charge in [-0.1, -0.05) is 53.4 Å². The summed E-state index contributed by atoms with van der Waals surface area (Å²) in [4.78, 5) is 53.5. The highest BCUT2D eigenvalue weighted by atomic mass is 32.2. The number of aromatic amines is 1. The number of benzene rings is 2. The number of carbonyl (C=O) groups is 2. The van der Waals surface area contributed by atoms with Gasteiger partial charge in [-0.3, -0.25) is 24.5 Å². The van der Waals surface area contributed by atoms with Crippen LogP contribution in [-0.4, -0.2) is 27.0 Å². The number of thioether (sulfide) groups is 1. The number of nitrogens with one attached hydrogen (secondary N) is 1. The lowest BCUT2D eigenvalue weighted by Crippen LogP contribution is -2.32. The summed E-state index contributed by atoms with van der Waals surface area (Å²) in [6.07, 6.45) is 0. The Kier molecular flexibility index (Phi) is 4.33. The monoisotopic (exact) mass is 439 g/mol. The molecule has 2 aliphatic heterocycles. The van der Waals surface area contributed by atoms with Crippen molar-refractivity contribution >= 4 is 46.3 Å². The zero-order valence-corrected chi connectivity index (χ0v) is 16.8. The highest BCUT2D eigenvalue weighted by Gasteiger charge is 2.56. The Balaban J connectivity index is 1.61. The number of nitro benzene ring substituents is 1. The van der Waals surface area contributed by atoms with E-state index in [2.05, 4.69) is 4.98 Å². The number of non-ortho nitro benzene ring substituents is 1. The number of anilines is 1. The van der Waals surface area contributed by atoms with Gasteiger partial charge in [0.05, 0.1) is 21.6 Å². The summed E-state index contributed by atoms with van der Waals surface area (Å²) >= 11 is 2.26. The fraction of sp³-hybridized carbons (Fsp3) is 0.150. The second kappa shape index (κ2) is 6.92. The molecule has 150 valence electrons. The van der Waals surface area contributed by atoms with Crippen LogP contribution in [0, 0.1) is 16.0 Å². The summed E-state index contributed by atoms with van der Waals surface area (Å²) in [6, 6.07) is 14.7. The molecule has 5 rings (SSSR count). The number of carbonyl (C=O) groups excluding carboxylic acids is 2. The van der Waals surface area contributed by atoms with Crippen LogP contribution < -0.4 is 9.77 Å². The highest BCUT2D eigenvalue weighted by Crippen LogP contribution is 2.53. The molecule has 0 bridgehead atoms. The van der Waals surface area contributed by atoms with E-state index in [-0.39, 0.29) is 22.4 Å². The van der Waals surface area contributed by atoms with Crippen LogP contribution >= 0.6 is 23.1 Å². The molecule has 30 heavy (non-hydrogen) atoms. The van der Waals surface area contributed by atoms with E-state index >= 15 is 0 Å². The lowest BCUT2D eigenvalue weighted by atomic mass is 9.83. The fourth-order valence-electron chi connectivity index (χ4n) is 4.01. The second-order valence-electron chi connectivity index (χ2n) is 6.95. The second-order valence-corrected chi connectivity index (χ2v) is 9.11. The summed E-state index contributed by atoms with van der Waals surface area (Å²) < 4.78 is 0. The van der Waals surface area contributed by atoms with Gasteiger partial charge in [0.25, 0.3) is 5.69 Å². The third-order valence-corrected chi connectivity index (χ3v) is 7.70. The van der Waals surface area contributed by atoms with Gasteiger partial charge in [-0.25, -0.2) is 4.90 Å². The SMILES string of the molecule is O=C1[C@H]2[C@H](c3ccccc3)c3sc(=O)[nH]c3S[C@H]2C(=O)N1c1ccc([N+](=O)[O-])cc1. The molecule has 2 amide bonds. The predicted octanol–water partition coefficient (Wildman–Crippen LogP) is 3.14. The Morgan fingerprint density at radius 2 is 1.67 bits per heavy atom. The van der Waals surface area contributed by atoms with Gasteiger partial charge in [-0.15, -0.1) is 0 Å². The molecular formula is C20H13N3O5S2. The van der Waals surface area contributed by atoms with Gasteiger partial charge < -0.3 is 4.98 Å². The molecule has 8 nitrogen and oxygen atoms in total. The van der Waals surface area contributed by atoms with Crippen molar-refractivity contribution < 1.29 is 14.5 Å². The summed E-state index contributed by atoms with van der Waals surface area (Å²) in [5.41, 5.74) is 1.04. The molecule has 1 N–H and O–H groups in total. The Hall–Kier alpha value is -3.24. The van der Waals surface area contributed by atoms with Crippen LogP contribution in [0.3, 0.4) is 0 Å². The minimum atomic E-state index is -0.685. The summed E-state index contributed by atoms with van der Waals surface area (Å²) in [7, 11) is 0. The average Bonchev–Trinajstić information content (AvgIpc) is 3.23. The van der Waals surface area contributed by atoms with E-state index in [0.29, 0.717) is 10.7 Å². The lowest BCUT2D eigenvalue weighted by molar-refractivity contribution is -0.384. The van der Waals surface area contributed by atoms with Crippen molar-refractivity contribution in [2.45, 2.75) is 16.2 Å². The van der Waals surface area contributed by atoms with Gasteiger partial charge in [-0.05, 0) is 17.7 Å². The first-order valence-electron chi connectivity index (χ1n) is 9.02. The summed E-state index contributed by atoms with van der Waals surface area (Å²) in [5, 5.41) is 10.9. The van der Waals surface area contributed by atoms with Crippen LogP contribution in [0.1, 0.15) is 16.4 Å². The predicted molar refractivity (Wildman–Crippen MR) is 112 cm³/mol. The molecule has 3 heterocycles. The van der Waals surface area contributed by atoms with E-state index in [9.17, 15) is 24.5 Å². The van der Waals surface area contributed by atoms with Gasteiger partial charge in [0, 0.05) is 22.9 Å². The largest absolute Gasteiger partial charge is 0.307 e. The zero-order valence-electron chi connectivity index (χ0n) is 15.2. The third-order valence-electron chi connectivity index (χ3n) is 5.30. The number of thiazole rings is 1. The Morgan fingerprint density at radius 1 is 0.967 bits per heavy atom. The van der Waals surface area contributed by atoms with E-state index in [0.717, 1.165) is 26.7 Å². The standard InChI is InChI=1S/C20H13N3O5S2/c24-18-14-13(10-4-2-1-3-5-10)15-17(21-20(26)30-15)29-16(14)19(25)22(18)11-6-8-12(9-7-11)23(27)28/h1-9,13-14,16H,(H,21,26)/t13-,14-,16+/m0/s1. The molecule has 0 radical (unpaired) electrons. The first kappa shape index (κ1) is 18.8. The van der Waals surface area contributed by atoms with Crippen LogP contribution in [-0.2, 0) is 9.59 Å². The number of imide groups is 1. The Bertz CT molecular complexity index is 1240. The number of amides is 2. The highest BCUT2D eigenvalue weighted by molar-refractivity contribution is 8.00. The van der Waals surface area contributed by atoms with E-state index in [1.807, 2.05) is 30.3 Å². The molecule has 1 fully saturated rings. The maximum atomic E-state index is 13.4. The molecule has 10 heteroatoms. The quantitative estimate of drug-likeness (QED) is 0.381. The summed E-state index contributed by atoms with van der Waals surface area (Å²) in [5.74, 6) is -1.84. The average molecular weight is 439 g/mol. The van der Waals surface area contributed by atoms with Crippen LogP contribution in [0.2, 0.25) is 0 Å². The van der Waals surface area contributed by atoms with Gasteiger partial charge in [0.2, 0.25) is 11.8 Å². The molecule has 0 saturated carbocycles. The smallest absolute Gasteiger partial charge is 0.305 e. The Labute approximate surface area is 177 Å². The molecule has 2 aliphatic rings. The summed E-state index contributed by atoms with van der Waals surface area (Å²) in [6.45, 7) is 0. The number of H-pyrrole nitrogens is 1. The number of rotatable bonds is 3. The van der Waals surface area contributed by atoms with Crippen molar-refractivity contribution in [1.82, 2.24) is 4.98 Å². The Morgan fingerprint density at radius 3 is 2.33 bits per heavy atom. The molecule has 3 atom stereocenters. The van der Waals surface area contributed by atoms with Gasteiger partial charge in [0.1, 0.15) is 5.25 Å². The van der Waals surface area contributed by atoms with Crippen molar-refractivity contribution in [3.05, 3.63) is 84.8 Å². The van der Waals surface area contributed by atoms with Crippen molar-refractivity contribution in [3.63, 3.8) is 0 Å². The van der Waals surface area contributed by atoms with Crippen molar-refractivity contribution in [2.75, 3.05) is 4.90 Å². The first-order valence-corrected chi connectivity index (χ1v) is 10.7. The molecule has 3 aromatic rings. The van der Waals surface area contributed by atoms with E-state index < -0.39 is 22.0 Å². The van der Waals surface area contributed by atoms with Crippen LogP contribution in [0.15, 0.2) is 64.4 Å². The minimum Gasteiger partial charge on any atom is -0.307 e. The topological polar surface area (TPSA) is 113 Å². The van der Waals surface area contributed by atoms with Crippen molar-refractivity contribution in [1.29, 1.82) is 0 Å². The van der Waals surface area contributed by atoms with Crippen LogP contribution in [0.5, 0.6) is 0 Å². The first-order chi connectivity index (χ1) is 14.5. The molecule has 1 saturated heterocycles. The fourth-order valence-corrected chi connectivity index (χ4v) is 6.53. The van der Waals surface area contributed by atoms with E-state index in [1.165, 1.54) is 36.0 Å². The van der Waals surface area contributed by atoms with Gasteiger partial charge in [0.15, 0.2) is 0 Å². The van der Waals surface area contributed by atoms with Crippen LogP contribution in [0.4, 0.5) is 11.4 Å². The number of fused-ring (bicyclic) bond motifs is 2. The normalized spacial score (nSPS) is 22.7. The van der Waals surface area contributed by atoms with E-state index in [4.69, 9.17) is 0 Å². The molecule has 1 aromatic heterocycles. The molecule has 0 unspecified atom stereocenters. The van der Waals surface area contributed by atoms with E-state index in [1.54, 1.807) is 0 Å². The van der Waals surface area contributed by atoms with Crippen molar-refractivity contribution in [2.24, 2.45) is 5.92 Å². The number of hydrogen-bond donors (Lipinski definition) is 1. The molecule has 0 spiro atoms. The lowest BCUT2D eigenvalue weighted by Gasteiger charge is -2.29.